The van der Waals surface area contributed by atoms with E-state index in [-0.39, 0.29) is 18.9 Å². The van der Waals surface area contributed by atoms with Crippen LogP contribution in [0, 0.1) is 0 Å². The van der Waals surface area contributed by atoms with Crippen molar-refractivity contribution in [2.45, 2.75) is 39.7 Å². The highest BCUT2D eigenvalue weighted by atomic mass is 32.1. The summed E-state index contributed by atoms with van der Waals surface area (Å²) in [6.07, 6.45) is 0.703. The van der Waals surface area contributed by atoms with Crippen LogP contribution in [0.1, 0.15) is 32.2 Å². The van der Waals surface area contributed by atoms with E-state index in [0.29, 0.717) is 18.2 Å². The number of hydrogen-bond donors (Lipinski definition) is 1. The van der Waals surface area contributed by atoms with Gasteiger partial charge in [0.2, 0.25) is 0 Å². The summed E-state index contributed by atoms with van der Waals surface area (Å²) in [5.41, 5.74) is 2.72. The molecular formula is C23H27N3O3S. The van der Waals surface area contributed by atoms with Crippen LogP contribution in [0.3, 0.4) is 0 Å². The van der Waals surface area contributed by atoms with E-state index in [2.05, 4.69) is 36.0 Å². The van der Waals surface area contributed by atoms with E-state index in [1.165, 1.54) is 0 Å². The summed E-state index contributed by atoms with van der Waals surface area (Å²) in [6.45, 7) is 7.01. The molecule has 3 aromatic rings. The average molecular weight is 426 g/mol. The number of fused-ring (bicyclic) bond motifs is 1. The van der Waals surface area contributed by atoms with E-state index in [9.17, 15) is 9.59 Å². The number of ether oxygens (including phenoxy) is 1. The van der Waals surface area contributed by atoms with Crippen molar-refractivity contribution < 1.29 is 14.3 Å². The van der Waals surface area contributed by atoms with Gasteiger partial charge < -0.3 is 15.0 Å². The van der Waals surface area contributed by atoms with Crippen LogP contribution in [-0.2, 0) is 20.7 Å². The molecule has 0 fully saturated rings. The lowest BCUT2D eigenvalue weighted by atomic mass is 10.2. The van der Waals surface area contributed by atoms with Gasteiger partial charge in [-0.25, -0.2) is 4.98 Å². The number of thiazole rings is 1. The maximum Gasteiger partial charge on any atom is 0.306 e. The van der Waals surface area contributed by atoms with Crippen LogP contribution in [0.15, 0.2) is 48.5 Å². The van der Waals surface area contributed by atoms with Gasteiger partial charge in [0.25, 0.3) is 5.91 Å². The normalized spacial score (nSPS) is 10.9. The second-order valence-corrected chi connectivity index (χ2v) is 8.33. The third-order valence-corrected chi connectivity index (χ3v) is 5.79. The van der Waals surface area contributed by atoms with Crippen molar-refractivity contribution in [1.82, 2.24) is 4.98 Å². The van der Waals surface area contributed by atoms with Crippen LogP contribution in [0.2, 0.25) is 0 Å². The fourth-order valence-electron chi connectivity index (χ4n) is 3.23. The molecule has 0 atom stereocenters. The Labute approximate surface area is 180 Å². The SMILES string of the molecule is CCN(c1ccc(NC(=O)COC(=O)CCc2nc3ccccc3s2)cc1)C(C)C. The number of rotatable bonds is 9. The minimum Gasteiger partial charge on any atom is -0.456 e. The standard InChI is InChI=1S/C23H27N3O3S/c1-4-26(16(2)3)18-11-9-17(10-12-18)24-21(27)15-29-23(28)14-13-22-25-19-7-5-6-8-20(19)30-22/h5-12,16H,4,13-15H2,1-3H3,(H,24,27). The van der Waals surface area contributed by atoms with E-state index in [4.69, 9.17) is 4.74 Å². The third kappa shape index (κ3) is 5.79. The number of esters is 1. The number of para-hydroxylation sites is 1. The zero-order chi connectivity index (χ0) is 21.5. The predicted molar refractivity (Wildman–Crippen MR) is 122 cm³/mol. The molecule has 0 saturated carbocycles. The van der Waals surface area contributed by atoms with Crippen molar-refractivity contribution >= 4 is 44.8 Å². The Kier molecular flexibility index (Phi) is 7.41. The minimum atomic E-state index is -0.407. The number of nitrogens with zero attached hydrogens (tertiary/aromatic N) is 2. The summed E-state index contributed by atoms with van der Waals surface area (Å²) in [6, 6.07) is 15.9. The molecule has 1 heterocycles. The molecule has 2 aromatic carbocycles. The molecule has 0 aliphatic rings. The molecular weight excluding hydrogens is 398 g/mol. The molecule has 0 aliphatic carbocycles. The summed E-state index contributed by atoms with van der Waals surface area (Å²) in [5, 5.41) is 3.65. The number of aromatic nitrogens is 1. The molecule has 0 aliphatic heterocycles. The molecule has 6 nitrogen and oxygen atoms in total. The smallest absolute Gasteiger partial charge is 0.306 e. The van der Waals surface area contributed by atoms with E-state index in [1.54, 1.807) is 11.3 Å². The minimum absolute atomic E-state index is 0.198. The van der Waals surface area contributed by atoms with Gasteiger partial charge >= 0.3 is 5.97 Å². The van der Waals surface area contributed by atoms with E-state index in [1.807, 2.05) is 48.5 Å². The first-order valence-corrected chi connectivity index (χ1v) is 10.9. The van der Waals surface area contributed by atoms with Gasteiger partial charge in [-0.05, 0) is 57.2 Å². The summed E-state index contributed by atoms with van der Waals surface area (Å²) in [7, 11) is 0. The van der Waals surface area contributed by atoms with Gasteiger partial charge in [-0.2, -0.15) is 0 Å². The molecule has 0 bridgehead atoms. The van der Waals surface area contributed by atoms with Crippen molar-refractivity contribution in [3.8, 4) is 0 Å². The molecule has 158 valence electrons. The number of amides is 1. The maximum atomic E-state index is 12.1. The molecule has 7 heteroatoms. The summed E-state index contributed by atoms with van der Waals surface area (Å²) >= 11 is 1.57. The second-order valence-electron chi connectivity index (χ2n) is 7.21. The van der Waals surface area contributed by atoms with Crippen LogP contribution in [0.5, 0.6) is 0 Å². The third-order valence-electron chi connectivity index (χ3n) is 4.69. The molecule has 0 unspecified atom stereocenters. The average Bonchev–Trinajstić information content (AvgIpc) is 3.15. The molecule has 0 saturated heterocycles. The Balaban J connectivity index is 1.43. The van der Waals surface area contributed by atoms with E-state index >= 15 is 0 Å². The highest BCUT2D eigenvalue weighted by Crippen LogP contribution is 2.22. The lowest BCUT2D eigenvalue weighted by molar-refractivity contribution is -0.147. The summed E-state index contributed by atoms with van der Waals surface area (Å²) < 4.78 is 6.20. The monoisotopic (exact) mass is 425 g/mol. The zero-order valence-electron chi connectivity index (χ0n) is 17.6. The first-order chi connectivity index (χ1) is 14.5. The number of nitrogens with one attached hydrogen (secondary N) is 1. The Morgan fingerprint density at radius 1 is 1.13 bits per heavy atom. The molecule has 1 N–H and O–H groups in total. The van der Waals surface area contributed by atoms with Crippen molar-refractivity contribution in [2.24, 2.45) is 0 Å². The lowest BCUT2D eigenvalue weighted by Crippen LogP contribution is -2.30. The molecule has 0 radical (unpaired) electrons. The van der Waals surface area contributed by atoms with Gasteiger partial charge in [-0.3, -0.25) is 9.59 Å². The van der Waals surface area contributed by atoms with Crippen LogP contribution in [-0.4, -0.2) is 36.1 Å². The van der Waals surface area contributed by atoms with Crippen molar-refractivity contribution in [3.05, 3.63) is 53.5 Å². The summed E-state index contributed by atoms with van der Waals surface area (Å²) in [4.78, 5) is 30.8. The van der Waals surface area contributed by atoms with Gasteiger partial charge in [0.15, 0.2) is 6.61 Å². The molecule has 1 aromatic heterocycles. The Morgan fingerprint density at radius 2 is 1.87 bits per heavy atom. The van der Waals surface area contributed by atoms with Crippen LogP contribution in [0.4, 0.5) is 11.4 Å². The maximum absolute atomic E-state index is 12.1. The first kappa shape index (κ1) is 21.8. The van der Waals surface area contributed by atoms with Gasteiger partial charge in [-0.1, -0.05) is 12.1 Å². The fourth-order valence-corrected chi connectivity index (χ4v) is 4.20. The zero-order valence-corrected chi connectivity index (χ0v) is 18.4. The second kappa shape index (κ2) is 10.2. The van der Waals surface area contributed by atoms with Gasteiger partial charge in [0, 0.05) is 30.4 Å². The van der Waals surface area contributed by atoms with Gasteiger partial charge in [0.1, 0.15) is 0 Å². The predicted octanol–water partition coefficient (Wildman–Crippen LogP) is 4.65. The Hall–Kier alpha value is -2.93. The quantitative estimate of drug-likeness (QED) is 0.506. The topological polar surface area (TPSA) is 71.5 Å². The largest absolute Gasteiger partial charge is 0.456 e. The number of carbonyl (C=O) groups excluding carboxylic acids is 2. The van der Waals surface area contributed by atoms with E-state index in [0.717, 1.165) is 27.5 Å². The van der Waals surface area contributed by atoms with Gasteiger partial charge in [0.05, 0.1) is 21.6 Å². The Morgan fingerprint density at radius 3 is 2.53 bits per heavy atom. The van der Waals surface area contributed by atoms with E-state index < -0.39 is 5.97 Å². The molecule has 1 amide bonds. The molecule has 0 spiro atoms. The summed E-state index contributed by atoms with van der Waals surface area (Å²) in [5.74, 6) is -0.762. The number of anilines is 2. The number of hydrogen-bond acceptors (Lipinski definition) is 6. The van der Waals surface area contributed by atoms with Crippen LogP contribution in [0.25, 0.3) is 10.2 Å². The highest BCUT2D eigenvalue weighted by molar-refractivity contribution is 7.18. The van der Waals surface area contributed by atoms with Crippen molar-refractivity contribution in [1.29, 1.82) is 0 Å². The highest BCUT2D eigenvalue weighted by Gasteiger charge is 2.12. The number of carbonyl (C=O) groups is 2. The molecule has 3 rings (SSSR count). The first-order valence-electron chi connectivity index (χ1n) is 10.1. The van der Waals surface area contributed by atoms with Gasteiger partial charge in [-0.15, -0.1) is 11.3 Å². The van der Waals surface area contributed by atoms with Crippen LogP contribution < -0.4 is 10.2 Å². The van der Waals surface area contributed by atoms with Crippen molar-refractivity contribution in [2.75, 3.05) is 23.4 Å². The van der Waals surface area contributed by atoms with Crippen molar-refractivity contribution in [3.63, 3.8) is 0 Å². The number of benzene rings is 2. The molecule has 30 heavy (non-hydrogen) atoms. The lowest BCUT2D eigenvalue weighted by Gasteiger charge is -2.27. The fraction of sp³-hybridized carbons (Fsp3) is 0.348. The van der Waals surface area contributed by atoms with Crippen LogP contribution >= 0.6 is 11.3 Å². The Bertz CT molecular complexity index is 965. The number of aryl methyl sites for hydroxylation is 1.